The molecule has 0 radical (unpaired) electrons. The smallest absolute Gasteiger partial charge is 0.118 e. The Morgan fingerprint density at radius 3 is 2.65 bits per heavy atom. The minimum Gasteiger partial charge on any atom is -0.342 e. The maximum Gasteiger partial charge on any atom is 0.118 e. The van der Waals surface area contributed by atoms with E-state index in [1.807, 2.05) is 0 Å². The second kappa shape index (κ2) is 5.84. The van der Waals surface area contributed by atoms with E-state index in [1.54, 1.807) is 4.90 Å². The van der Waals surface area contributed by atoms with Crippen LogP contribution in [-0.2, 0) is 13.1 Å². The van der Waals surface area contributed by atoms with E-state index in [9.17, 15) is 0 Å². The molecule has 1 aromatic heterocycles. The van der Waals surface area contributed by atoms with Crippen LogP contribution in [0.2, 0.25) is 0 Å². The summed E-state index contributed by atoms with van der Waals surface area (Å²) >= 11 is 0. The molecule has 1 fully saturated rings. The summed E-state index contributed by atoms with van der Waals surface area (Å²) in [5, 5.41) is 0. The fourth-order valence-corrected chi connectivity index (χ4v) is 3.02. The van der Waals surface area contributed by atoms with E-state index >= 15 is 0 Å². The van der Waals surface area contributed by atoms with Crippen molar-refractivity contribution in [2.45, 2.75) is 45.8 Å². The molecule has 0 amide bonds. The van der Waals surface area contributed by atoms with Gasteiger partial charge in [0.15, 0.2) is 0 Å². The van der Waals surface area contributed by atoms with E-state index in [0.717, 1.165) is 12.6 Å². The maximum atomic E-state index is 2.42. The number of rotatable bonds is 6. The Kier molecular flexibility index (Phi) is 3.93. The van der Waals surface area contributed by atoms with E-state index in [2.05, 4.69) is 61.0 Å². The van der Waals surface area contributed by atoms with Crippen LogP contribution in [0.3, 0.4) is 0 Å². The van der Waals surface area contributed by atoms with Crippen LogP contribution in [0.1, 0.15) is 36.6 Å². The highest BCUT2D eigenvalue weighted by Gasteiger charge is 2.32. The van der Waals surface area contributed by atoms with Gasteiger partial charge in [-0.25, -0.2) is 0 Å². The summed E-state index contributed by atoms with van der Waals surface area (Å²) in [4.78, 5) is 1.75. The van der Waals surface area contributed by atoms with Crippen LogP contribution >= 0.6 is 0 Å². The van der Waals surface area contributed by atoms with Crippen LogP contribution < -0.4 is 4.90 Å². The number of aromatic nitrogens is 1. The molecule has 1 aliphatic rings. The van der Waals surface area contributed by atoms with E-state index < -0.39 is 0 Å². The first kappa shape index (κ1) is 13.4. The molecular formula is C18H25N2+. The number of aryl methyl sites for hydroxylation is 1. The van der Waals surface area contributed by atoms with Gasteiger partial charge in [0.25, 0.3) is 0 Å². The molecule has 0 spiro atoms. The predicted molar refractivity (Wildman–Crippen MR) is 82.9 cm³/mol. The fourth-order valence-electron chi connectivity index (χ4n) is 3.02. The maximum absolute atomic E-state index is 2.42. The second-order valence-electron chi connectivity index (χ2n) is 6.02. The topological polar surface area (TPSA) is 9.37 Å². The third kappa shape index (κ3) is 2.96. The molecule has 1 unspecified atom stereocenters. The average molecular weight is 269 g/mol. The van der Waals surface area contributed by atoms with Crippen LogP contribution in [-0.4, -0.2) is 17.2 Å². The van der Waals surface area contributed by atoms with E-state index in [0.29, 0.717) is 0 Å². The summed E-state index contributed by atoms with van der Waals surface area (Å²) in [7, 11) is 0. The number of nitrogens with zero attached hydrogens (tertiary/aromatic N) is 1. The highest BCUT2D eigenvalue weighted by Crippen LogP contribution is 2.16. The molecule has 1 heterocycles. The number of hydrogen-bond donors (Lipinski definition) is 1. The van der Waals surface area contributed by atoms with Crippen LogP contribution in [0.5, 0.6) is 0 Å². The molecule has 1 saturated carbocycles. The standard InChI is InChI=1S/C18H24N2/c1-3-19(17-10-11-17)14-18-9-6-12-20(18)13-16-8-5-4-7-15(16)2/h4-9,12,17H,3,10-11,13-14H2,1-2H3/p+1. The summed E-state index contributed by atoms with van der Waals surface area (Å²) in [6.45, 7) is 7.91. The van der Waals surface area contributed by atoms with Crippen molar-refractivity contribution >= 4 is 0 Å². The molecule has 2 aromatic rings. The number of hydrogen-bond acceptors (Lipinski definition) is 0. The Morgan fingerprint density at radius 1 is 1.15 bits per heavy atom. The van der Waals surface area contributed by atoms with Crippen molar-refractivity contribution in [3.8, 4) is 0 Å². The minimum absolute atomic E-state index is 0.918. The van der Waals surface area contributed by atoms with E-state index in [1.165, 1.54) is 42.8 Å². The first-order chi connectivity index (χ1) is 9.78. The molecule has 1 atom stereocenters. The lowest BCUT2D eigenvalue weighted by Crippen LogP contribution is -3.11. The third-order valence-corrected chi connectivity index (χ3v) is 4.54. The van der Waals surface area contributed by atoms with E-state index in [-0.39, 0.29) is 0 Å². The van der Waals surface area contributed by atoms with E-state index in [4.69, 9.17) is 0 Å². The lowest BCUT2D eigenvalue weighted by Gasteiger charge is -2.19. The summed E-state index contributed by atoms with van der Waals surface area (Å²) < 4.78 is 2.42. The van der Waals surface area contributed by atoms with Crippen molar-refractivity contribution in [2.75, 3.05) is 6.54 Å². The van der Waals surface area contributed by atoms with Gasteiger partial charge in [0.1, 0.15) is 6.54 Å². The SMILES string of the molecule is CC[NH+](Cc1cccn1Cc1ccccc1C)C1CC1. The van der Waals surface area contributed by atoms with Crippen LogP contribution in [0.4, 0.5) is 0 Å². The number of quaternary nitrogens is 1. The molecule has 1 aliphatic carbocycles. The zero-order chi connectivity index (χ0) is 13.9. The summed E-state index contributed by atoms with van der Waals surface area (Å²) in [6.07, 6.45) is 5.06. The molecule has 2 heteroatoms. The molecule has 20 heavy (non-hydrogen) atoms. The Balaban J connectivity index is 1.74. The summed E-state index contributed by atoms with van der Waals surface area (Å²) in [6, 6.07) is 14.1. The van der Waals surface area contributed by atoms with Crippen molar-refractivity contribution in [2.24, 2.45) is 0 Å². The van der Waals surface area contributed by atoms with Crippen molar-refractivity contribution in [3.63, 3.8) is 0 Å². The third-order valence-electron chi connectivity index (χ3n) is 4.54. The normalized spacial score (nSPS) is 16.3. The van der Waals surface area contributed by atoms with Crippen molar-refractivity contribution in [1.82, 2.24) is 4.57 Å². The van der Waals surface area contributed by atoms with Gasteiger partial charge in [-0.05, 0) is 37.1 Å². The quantitative estimate of drug-likeness (QED) is 0.825. The molecular weight excluding hydrogens is 244 g/mol. The molecule has 1 aromatic carbocycles. The van der Waals surface area contributed by atoms with Gasteiger partial charge in [0.05, 0.1) is 18.3 Å². The lowest BCUT2D eigenvalue weighted by molar-refractivity contribution is -0.923. The fraction of sp³-hybridized carbons (Fsp3) is 0.444. The van der Waals surface area contributed by atoms with Crippen LogP contribution in [0.15, 0.2) is 42.6 Å². The molecule has 0 aliphatic heterocycles. The number of benzene rings is 1. The zero-order valence-corrected chi connectivity index (χ0v) is 12.6. The van der Waals surface area contributed by atoms with Gasteiger partial charge in [-0.3, -0.25) is 0 Å². The first-order valence-corrected chi connectivity index (χ1v) is 7.81. The van der Waals surface area contributed by atoms with Gasteiger partial charge < -0.3 is 9.47 Å². The van der Waals surface area contributed by atoms with Gasteiger partial charge in [-0.1, -0.05) is 24.3 Å². The van der Waals surface area contributed by atoms with Crippen LogP contribution in [0.25, 0.3) is 0 Å². The molecule has 106 valence electrons. The second-order valence-corrected chi connectivity index (χ2v) is 6.02. The molecule has 0 saturated heterocycles. The predicted octanol–water partition coefficient (Wildman–Crippen LogP) is 2.41. The van der Waals surface area contributed by atoms with Gasteiger partial charge in [0, 0.05) is 25.6 Å². The molecule has 2 nitrogen and oxygen atoms in total. The van der Waals surface area contributed by atoms with Crippen molar-refractivity contribution < 1.29 is 4.90 Å². The number of nitrogens with one attached hydrogen (secondary N) is 1. The zero-order valence-electron chi connectivity index (χ0n) is 12.6. The molecule has 0 bridgehead atoms. The Hall–Kier alpha value is -1.54. The highest BCUT2D eigenvalue weighted by atomic mass is 15.2. The van der Waals surface area contributed by atoms with Gasteiger partial charge in [-0.15, -0.1) is 0 Å². The van der Waals surface area contributed by atoms with Crippen LogP contribution in [0, 0.1) is 6.92 Å². The largest absolute Gasteiger partial charge is 0.342 e. The average Bonchev–Trinajstić information content (AvgIpc) is 3.21. The monoisotopic (exact) mass is 269 g/mol. The first-order valence-electron chi connectivity index (χ1n) is 7.81. The summed E-state index contributed by atoms with van der Waals surface area (Å²) in [5.41, 5.74) is 4.28. The van der Waals surface area contributed by atoms with Crippen molar-refractivity contribution in [3.05, 3.63) is 59.4 Å². The lowest BCUT2D eigenvalue weighted by atomic mass is 10.1. The van der Waals surface area contributed by atoms with Gasteiger partial charge in [-0.2, -0.15) is 0 Å². The highest BCUT2D eigenvalue weighted by molar-refractivity contribution is 5.26. The molecule has 3 rings (SSSR count). The molecule has 1 N–H and O–H groups in total. The van der Waals surface area contributed by atoms with Gasteiger partial charge >= 0.3 is 0 Å². The Bertz CT molecular complexity index is 566. The minimum atomic E-state index is 0.918. The Morgan fingerprint density at radius 2 is 1.95 bits per heavy atom. The Labute approximate surface area is 122 Å². The van der Waals surface area contributed by atoms with Crippen molar-refractivity contribution in [1.29, 1.82) is 0 Å². The van der Waals surface area contributed by atoms with Gasteiger partial charge in [0.2, 0.25) is 0 Å². The summed E-state index contributed by atoms with van der Waals surface area (Å²) in [5.74, 6) is 0.